The molecule has 2 heterocycles. The molecule has 48 heavy (non-hydrogen) atoms. The average Bonchev–Trinajstić information content (AvgIpc) is 3.60. The Hall–Kier alpha value is -5.66. The van der Waals surface area contributed by atoms with Crippen molar-refractivity contribution in [3.63, 3.8) is 0 Å². The van der Waals surface area contributed by atoms with Crippen LogP contribution in [0.4, 0.5) is 0 Å². The lowest BCUT2D eigenvalue weighted by molar-refractivity contribution is -0.141. The number of carbonyl (C=O) groups is 3. The Morgan fingerprint density at radius 3 is 1.85 bits per heavy atom. The van der Waals surface area contributed by atoms with Crippen LogP contribution in [0.3, 0.4) is 0 Å². The maximum Gasteiger partial charge on any atom is 0.325 e. The molecule has 2 aromatic heterocycles. The minimum atomic E-state index is -1.17. The number of benzene rings is 3. The molecule has 0 spiro atoms. The second-order valence-corrected chi connectivity index (χ2v) is 13.6. The van der Waals surface area contributed by atoms with E-state index in [1.165, 1.54) is 18.3 Å². The zero-order valence-corrected chi connectivity index (χ0v) is 27.8. The molecule has 0 aliphatic rings. The van der Waals surface area contributed by atoms with E-state index in [2.05, 4.69) is 47.4 Å². The fraction of sp³-hybridized carbons (Fsp3) is 0.211. The first-order valence-corrected chi connectivity index (χ1v) is 16.2. The van der Waals surface area contributed by atoms with Crippen LogP contribution in [0.2, 0.25) is 0 Å². The predicted octanol–water partition coefficient (Wildman–Crippen LogP) is 6.64. The van der Waals surface area contributed by atoms with E-state index in [9.17, 15) is 19.5 Å². The monoisotopic (exact) mass is 657 g/mol. The fourth-order valence-electron chi connectivity index (χ4n) is 4.92. The first-order valence-electron chi connectivity index (χ1n) is 15.4. The van der Waals surface area contributed by atoms with Gasteiger partial charge in [0, 0.05) is 34.8 Å². The normalized spacial score (nSPS) is 12.4. The van der Waals surface area contributed by atoms with E-state index in [1.807, 2.05) is 66.7 Å². The molecule has 2 amide bonds. The molecular weight excluding hydrogens is 623 g/mol. The Morgan fingerprint density at radius 2 is 1.33 bits per heavy atom. The van der Waals surface area contributed by atoms with Crippen molar-refractivity contribution in [1.29, 1.82) is 5.26 Å². The number of carboxylic acids is 1. The van der Waals surface area contributed by atoms with Crippen LogP contribution in [0.25, 0.3) is 33.6 Å². The third kappa shape index (κ3) is 8.18. The third-order valence-electron chi connectivity index (χ3n) is 7.79. The number of aromatic nitrogens is 2. The van der Waals surface area contributed by atoms with Gasteiger partial charge in [0.15, 0.2) is 5.82 Å². The molecular formula is C38H35N5O4S. The highest BCUT2D eigenvalue weighted by molar-refractivity contribution is 7.14. The third-order valence-corrected chi connectivity index (χ3v) is 9.30. The van der Waals surface area contributed by atoms with E-state index in [4.69, 9.17) is 5.26 Å². The number of carboxylic acid groups (broad SMARTS) is 1. The molecule has 10 heteroatoms. The second-order valence-electron chi connectivity index (χ2n) is 12.5. The van der Waals surface area contributed by atoms with E-state index in [0.29, 0.717) is 16.3 Å². The molecule has 0 saturated heterocycles. The van der Waals surface area contributed by atoms with Gasteiger partial charge in [-0.05, 0) is 58.9 Å². The van der Waals surface area contributed by atoms with Gasteiger partial charge in [0.2, 0.25) is 5.91 Å². The molecule has 3 N–H and O–H groups in total. The molecule has 0 unspecified atom stereocenters. The van der Waals surface area contributed by atoms with Crippen LogP contribution >= 0.6 is 11.3 Å². The van der Waals surface area contributed by atoms with Gasteiger partial charge in [-0.2, -0.15) is 5.26 Å². The first-order chi connectivity index (χ1) is 22.9. The van der Waals surface area contributed by atoms with E-state index >= 15 is 0 Å². The molecule has 5 aromatic rings. The Balaban J connectivity index is 1.28. The zero-order valence-electron chi connectivity index (χ0n) is 27.0. The molecule has 242 valence electrons. The molecule has 2 atom stereocenters. The first kappa shape index (κ1) is 33.7. The average molecular weight is 658 g/mol. The van der Waals surface area contributed by atoms with Gasteiger partial charge in [-0.3, -0.25) is 14.4 Å². The largest absolute Gasteiger partial charge is 0.480 e. The number of hydrogen-bond acceptors (Lipinski definition) is 7. The van der Waals surface area contributed by atoms with Gasteiger partial charge in [0.25, 0.3) is 5.91 Å². The number of nitrogens with zero attached hydrogens (tertiary/aromatic N) is 3. The Morgan fingerprint density at radius 1 is 0.792 bits per heavy atom. The van der Waals surface area contributed by atoms with Crippen molar-refractivity contribution in [1.82, 2.24) is 20.6 Å². The summed E-state index contributed by atoms with van der Waals surface area (Å²) in [5.41, 5.74) is 5.94. The Kier molecular flexibility index (Phi) is 10.1. The van der Waals surface area contributed by atoms with Crippen LogP contribution in [0.15, 0.2) is 97.3 Å². The van der Waals surface area contributed by atoms with Crippen LogP contribution in [0.1, 0.15) is 53.4 Å². The number of nitrogens with one attached hydrogen (secondary N) is 2. The SMILES string of the molecule is C[C@@H](NC(=O)[C@H](Cc1ccc(-c2ncc(-c3ccc(-c4ccc(C#N)cc4)cc3)cn2)cc1)NC(=O)c1ccc(C(C)(C)C)s1)C(=O)O. The van der Waals surface area contributed by atoms with Crippen LogP contribution in [-0.2, 0) is 21.4 Å². The summed E-state index contributed by atoms with van der Waals surface area (Å²) in [7, 11) is 0. The smallest absolute Gasteiger partial charge is 0.325 e. The van der Waals surface area contributed by atoms with E-state index < -0.39 is 29.9 Å². The van der Waals surface area contributed by atoms with Crippen LogP contribution in [0.5, 0.6) is 0 Å². The fourth-order valence-corrected chi connectivity index (χ4v) is 5.89. The molecule has 0 aliphatic carbocycles. The zero-order chi connectivity index (χ0) is 34.4. The van der Waals surface area contributed by atoms with Gasteiger partial charge < -0.3 is 15.7 Å². The van der Waals surface area contributed by atoms with Crippen LogP contribution in [0, 0.1) is 11.3 Å². The summed E-state index contributed by atoms with van der Waals surface area (Å²) in [4.78, 5) is 48.3. The summed E-state index contributed by atoms with van der Waals surface area (Å²) in [5, 5.41) is 23.6. The highest BCUT2D eigenvalue weighted by Crippen LogP contribution is 2.30. The summed E-state index contributed by atoms with van der Waals surface area (Å²) >= 11 is 1.37. The van der Waals surface area contributed by atoms with E-state index in [1.54, 1.807) is 30.6 Å². The predicted molar refractivity (Wildman–Crippen MR) is 186 cm³/mol. The molecule has 0 aliphatic heterocycles. The number of thiophene rings is 1. The summed E-state index contributed by atoms with van der Waals surface area (Å²) in [5.74, 6) is -1.62. The number of aliphatic carboxylic acids is 1. The summed E-state index contributed by atoms with van der Waals surface area (Å²) in [6.45, 7) is 7.56. The molecule has 0 saturated carbocycles. The van der Waals surface area contributed by atoms with Gasteiger partial charge in [0.05, 0.1) is 16.5 Å². The molecule has 0 radical (unpaired) electrons. The molecule has 0 bridgehead atoms. The van der Waals surface area contributed by atoms with Crippen molar-refractivity contribution < 1.29 is 19.5 Å². The van der Waals surface area contributed by atoms with E-state index in [-0.39, 0.29) is 11.8 Å². The van der Waals surface area contributed by atoms with E-state index in [0.717, 1.165) is 38.3 Å². The van der Waals surface area contributed by atoms with Crippen molar-refractivity contribution in [2.45, 2.75) is 51.6 Å². The number of amides is 2. The Labute approximate surface area is 283 Å². The van der Waals surface area contributed by atoms with Crippen LogP contribution < -0.4 is 10.6 Å². The second kappa shape index (κ2) is 14.4. The number of hydrogen-bond donors (Lipinski definition) is 3. The van der Waals surface area contributed by atoms with Crippen molar-refractivity contribution in [2.75, 3.05) is 0 Å². The minimum absolute atomic E-state index is 0.123. The quantitative estimate of drug-likeness (QED) is 0.153. The maximum absolute atomic E-state index is 13.2. The molecule has 0 fully saturated rings. The Bertz CT molecular complexity index is 1950. The lowest BCUT2D eigenvalue weighted by Gasteiger charge is -2.20. The van der Waals surface area contributed by atoms with Gasteiger partial charge in [-0.25, -0.2) is 9.97 Å². The van der Waals surface area contributed by atoms with Gasteiger partial charge >= 0.3 is 5.97 Å². The summed E-state index contributed by atoms with van der Waals surface area (Å²) in [6.07, 6.45) is 3.68. The van der Waals surface area contributed by atoms with Crippen molar-refractivity contribution >= 4 is 29.1 Å². The standard InChI is InChI=1S/C38H35N5O4S/c1-23(37(46)47)42-35(44)31(43-36(45)32-17-18-33(48-32)38(2,3)4)19-24-5-11-29(12-6-24)34-40-21-30(22-41-34)28-15-13-27(14-16-28)26-9-7-25(20-39)8-10-26/h5-18,21-23,31H,19H2,1-4H3,(H,42,44)(H,43,45)(H,46,47)/t23-,31+/m1/s1. The number of carbonyl (C=O) groups excluding carboxylic acids is 2. The topological polar surface area (TPSA) is 145 Å². The van der Waals surface area contributed by atoms with Crippen molar-refractivity contribution in [3.05, 3.63) is 118 Å². The summed E-state index contributed by atoms with van der Waals surface area (Å²) in [6, 6.07) is 26.5. The maximum atomic E-state index is 13.2. The lowest BCUT2D eigenvalue weighted by atomic mass is 9.95. The minimum Gasteiger partial charge on any atom is -0.480 e. The molecule has 5 rings (SSSR count). The van der Waals surface area contributed by atoms with Crippen molar-refractivity contribution in [3.8, 4) is 39.7 Å². The highest BCUT2D eigenvalue weighted by Gasteiger charge is 2.26. The van der Waals surface area contributed by atoms with Crippen LogP contribution in [-0.4, -0.2) is 44.9 Å². The highest BCUT2D eigenvalue weighted by atomic mass is 32.1. The lowest BCUT2D eigenvalue weighted by Crippen LogP contribution is -2.51. The van der Waals surface area contributed by atoms with Crippen molar-refractivity contribution in [2.24, 2.45) is 0 Å². The summed E-state index contributed by atoms with van der Waals surface area (Å²) < 4.78 is 0. The van der Waals surface area contributed by atoms with Gasteiger partial charge in [0.1, 0.15) is 12.1 Å². The number of rotatable bonds is 10. The number of nitriles is 1. The molecule has 3 aromatic carbocycles. The van der Waals surface area contributed by atoms with Gasteiger partial charge in [-0.1, -0.05) is 81.4 Å². The molecule has 9 nitrogen and oxygen atoms in total. The van der Waals surface area contributed by atoms with Gasteiger partial charge in [-0.15, -0.1) is 11.3 Å².